The predicted octanol–water partition coefficient (Wildman–Crippen LogP) is 2.27. The molecule has 0 bridgehead atoms. The Hall–Kier alpha value is -1.47. The number of sulfonamides is 1. The summed E-state index contributed by atoms with van der Waals surface area (Å²) < 4.78 is 27.2. The molecule has 0 aliphatic heterocycles. The molecule has 1 heterocycles. The Morgan fingerprint density at radius 1 is 1.29 bits per heavy atom. The number of hydrogen-bond donors (Lipinski definition) is 2. The van der Waals surface area contributed by atoms with Crippen LogP contribution in [-0.4, -0.2) is 18.5 Å². The maximum Gasteiger partial charge on any atom is 0.241 e. The zero-order valence-electron chi connectivity index (χ0n) is 11.3. The fraction of sp³-hybridized carbons (Fsp3) is 0.214. The number of hydrogen-bond acceptors (Lipinski definition) is 4. The molecule has 7 heteroatoms. The lowest BCUT2D eigenvalue weighted by molar-refractivity contribution is 0.282. The number of pyridine rings is 1. The fourth-order valence-corrected chi connectivity index (χ4v) is 3.41. The van der Waals surface area contributed by atoms with Gasteiger partial charge in [-0.05, 0) is 42.3 Å². The average molecular weight is 327 g/mol. The molecule has 2 aromatic rings. The number of nitrogens with zero attached hydrogens (tertiary/aromatic N) is 1. The summed E-state index contributed by atoms with van der Waals surface area (Å²) in [4.78, 5) is 3.96. The number of rotatable bonds is 5. The third kappa shape index (κ3) is 3.79. The molecule has 2 rings (SSSR count). The van der Waals surface area contributed by atoms with Gasteiger partial charge in [0.1, 0.15) is 0 Å². The molecule has 2 N–H and O–H groups in total. The van der Waals surface area contributed by atoms with Gasteiger partial charge < -0.3 is 5.11 Å². The van der Waals surface area contributed by atoms with Gasteiger partial charge in [-0.15, -0.1) is 0 Å². The van der Waals surface area contributed by atoms with E-state index < -0.39 is 16.1 Å². The van der Waals surface area contributed by atoms with Crippen LogP contribution in [0.25, 0.3) is 0 Å². The Labute approximate surface area is 128 Å². The lowest BCUT2D eigenvalue weighted by atomic mass is 10.1. The van der Waals surface area contributed by atoms with E-state index in [2.05, 4.69) is 9.71 Å². The molecule has 0 radical (unpaired) electrons. The molecule has 1 atom stereocenters. The standard InChI is InChI=1S/C14H15ClN2O3S/c1-10(11-4-6-16-7-5-11)17-21(19,20)13-3-2-12(9-18)14(15)8-13/h2-8,10,17-18H,9H2,1H3. The zero-order chi connectivity index (χ0) is 15.5. The molecule has 1 aromatic heterocycles. The second-order valence-corrected chi connectivity index (χ2v) is 6.66. The van der Waals surface area contributed by atoms with E-state index in [0.717, 1.165) is 5.56 Å². The first-order chi connectivity index (χ1) is 9.94. The van der Waals surface area contributed by atoms with Crippen molar-refractivity contribution in [1.82, 2.24) is 9.71 Å². The molecule has 1 aromatic carbocycles. The third-order valence-electron chi connectivity index (χ3n) is 3.04. The second-order valence-electron chi connectivity index (χ2n) is 4.53. The summed E-state index contributed by atoms with van der Waals surface area (Å²) in [5.41, 5.74) is 1.30. The molecule has 0 saturated carbocycles. The molecule has 0 aliphatic carbocycles. The van der Waals surface area contributed by atoms with Gasteiger partial charge in [0.2, 0.25) is 10.0 Å². The molecule has 0 fully saturated rings. The van der Waals surface area contributed by atoms with Gasteiger partial charge in [-0.25, -0.2) is 13.1 Å². The van der Waals surface area contributed by atoms with Crippen LogP contribution in [0.5, 0.6) is 0 Å². The van der Waals surface area contributed by atoms with Gasteiger partial charge in [-0.1, -0.05) is 17.7 Å². The van der Waals surface area contributed by atoms with Crippen LogP contribution >= 0.6 is 11.6 Å². The minimum Gasteiger partial charge on any atom is -0.392 e. The maximum absolute atomic E-state index is 12.3. The summed E-state index contributed by atoms with van der Waals surface area (Å²) in [5.74, 6) is 0. The molecule has 0 spiro atoms. The molecule has 1 unspecified atom stereocenters. The topological polar surface area (TPSA) is 79.3 Å². The van der Waals surface area contributed by atoms with Crippen molar-refractivity contribution in [1.29, 1.82) is 0 Å². The van der Waals surface area contributed by atoms with Crippen LogP contribution in [0.3, 0.4) is 0 Å². The van der Waals surface area contributed by atoms with Crippen LogP contribution in [0, 0.1) is 0 Å². The summed E-state index contributed by atoms with van der Waals surface area (Å²) in [5, 5.41) is 9.27. The van der Waals surface area contributed by atoms with Crippen molar-refractivity contribution in [3.63, 3.8) is 0 Å². The summed E-state index contributed by atoms with van der Waals surface area (Å²) in [6.45, 7) is 1.51. The SMILES string of the molecule is CC(NS(=O)(=O)c1ccc(CO)c(Cl)c1)c1ccncc1. The zero-order valence-corrected chi connectivity index (χ0v) is 12.9. The van der Waals surface area contributed by atoms with E-state index in [4.69, 9.17) is 16.7 Å². The van der Waals surface area contributed by atoms with Crippen LogP contribution in [0.4, 0.5) is 0 Å². The van der Waals surface area contributed by atoms with Gasteiger partial charge in [0, 0.05) is 23.5 Å². The Bertz CT molecular complexity index is 720. The van der Waals surface area contributed by atoms with E-state index in [1.165, 1.54) is 18.2 Å². The molecule has 0 amide bonds. The highest BCUT2D eigenvalue weighted by Crippen LogP contribution is 2.22. The van der Waals surface area contributed by atoms with Crippen molar-refractivity contribution < 1.29 is 13.5 Å². The first kappa shape index (κ1) is 15.9. The first-order valence-corrected chi connectivity index (χ1v) is 8.11. The summed E-state index contributed by atoms with van der Waals surface area (Å²) in [6.07, 6.45) is 3.21. The van der Waals surface area contributed by atoms with Gasteiger partial charge in [-0.2, -0.15) is 0 Å². The molecular weight excluding hydrogens is 312 g/mol. The molecule has 5 nitrogen and oxygen atoms in total. The molecule has 0 saturated heterocycles. The second kappa shape index (κ2) is 6.53. The number of benzene rings is 1. The Balaban J connectivity index is 2.24. The summed E-state index contributed by atoms with van der Waals surface area (Å²) in [6, 6.07) is 7.33. The quantitative estimate of drug-likeness (QED) is 0.883. The lowest BCUT2D eigenvalue weighted by Crippen LogP contribution is -2.27. The number of halogens is 1. The Kier molecular flexibility index (Phi) is 4.95. The predicted molar refractivity (Wildman–Crippen MR) is 80.3 cm³/mol. The van der Waals surface area contributed by atoms with E-state index in [0.29, 0.717) is 5.56 Å². The van der Waals surface area contributed by atoms with E-state index >= 15 is 0 Å². The van der Waals surface area contributed by atoms with Gasteiger partial charge in [0.05, 0.1) is 11.5 Å². The average Bonchev–Trinajstić information content (AvgIpc) is 2.47. The molecular formula is C14H15ClN2O3S. The largest absolute Gasteiger partial charge is 0.392 e. The number of aromatic nitrogens is 1. The molecule has 112 valence electrons. The van der Waals surface area contributed by atoms with Gasteiger partial charge in [-0.3, -0.25) is 4.98 Å². The number of aliphatic hydroxyl groups is 1. The van der Waals surface area contributed by atoms with Crippen LogP contribution in [-0.2, 0) is 16.6 Å². The minimum atomic E-state index is -3.69. The highest BCUT2D eigenvalue weighted by Gasteiger charge is 2.19. The van der Waals surface area contributed by atoms with Crippen molar-refractivity contribution in [2.75, 3.05) is 0 Å². The summed E-state index contributed by atoms with van der Waals surface area (Å²) >= 11 is 5.93. The van der Waals surface area contributed by atoms with Crippen LogP contribution < -0.4 is 4.72 Å². The van der Waals surface area contributed by atoms with Crippen molar-refractivity contribution in [2.24, 2.45) is 0 Å². The van der Waals surface area contributed by atoms with E-state index in [-0.39, 0.29) is 16.5 Å². The van der Waals surface area contributed by atoms with E-state index in [1.54, 1.807) is 31.5 Å². The highest BCUT2D eigenvalue weighted by molar-refractivity contribution is 7.89. The molecule has 21 heavy (non-hydrogen) atoms. The molecule has 0 aliphatic rings. The van der Waals surface area contributed by atoms with Crippen LogP contribution in [0.15, 0.2) is 47.6 Å². The lowest BCUT2D eigenvalue weighted by Gasteiger charge is -2.15. The van der Waals surface area contributed by atoms with E-state index in [1.807, 2.05) is 0 Å². The van der Waals surface area contributed by atoms with Crippen LogP contribution in [0.2, 0.25) is 5.02 Å². The monoisotopic (exact) mass is 326 g/mol. The third-order valence-corrected chi connectivity index (χ3v) is 4.93. The normalized spacial score (nSPS) is 13.1. The van der Waals surface area contributed by atoms with Crippen molar-refractivity contribution in [3.05, 3.63) is 58.9 Å². The fourth-order valence-electron chi connectivity index (χ4n) is 1.84. The Morgan fingerprint density at radius 2 is 1.95 bits per heavy atom. The first-order valence-electron chi connectivity index (χ1n) is 6.25. The van der Waals surface area contributed by atoms with Gasteiger partial charge in [0.15, 0.2) is 0 Å². The van der Waals surface area contributed by atoms with Gasteiger partial charge in [0.25, 0.3) is 0 Å². The maximum atomic E-state index is 12.3. The Morgan fingerprint density at radius 3 is 2.52 bits per heavy atom. The van der Waals surface area contributed by atoms with Crippen molar-refractivity contribution >= 4 is 21.6 Å². The van der Waals surface area contributed by atoms with Crippen molar-refractivity contribution in [2.45, 2.75) is 24.5 Å². The highest BCUT2D eigenvalue weighted by atomic mass is 35.5. The van der Waals surface area contributed by atoms with Crippen molar-refractivity contribution in [3.8, 4) is 0 Å². The van der Waals surface area contributed by atoms with Crippen LogP contribution in [0.1, 0.15) is 24.1 Å². The summed E-state index contributed by atoms with van der Waals surface area (Å²) in [7, 11) is -3.69. The smallest absolute Gasteiger partial charge is 0.241 e. The van der Waals surface area contributed by atoms with Gasteiger partial charge >= 0.3 is 0 Å². The van der Waals surface area contributed by atoms with E-state index in [9.17, 15) is 8.42 Å². The minimum absolute atomic E-state index is 0.0607. The number of nitrogens with one attached hydrogen (secondary N) is 1. The number of aliphatic hydroxyl groups excluding tert-OH is 1.